The molecule has 0 spiro atoms. The molecule has 1 saturated heterocycles. The minimum atomic E-state index is 0.322. The van der Waals surface area contributed by atoms with Gasteiger partial charge < -0.3 is 9.47 Å². The number of benzene rings is 1. The highest BCUT2D eigenvalue weighted by molar-refractivity contribution is 5.86. The van der Waals surface area contributed by atoms with Gasteiger partial charge in [0.2, 0.25) is 0 Å². The maximum Gasteiger partial charge on any atom is 0.130 e. The highest BCUT2D eigenvalue weighted by Crippen LogP contribution is 2.63. The van der Waals surface area contributed by atoms with Crippen molar-refractivity contribution in [2.45, 2.75) is 39.5 Å². The fourth-order valence-corrected chi connectivity index (χ4v) is 4.28. The first-order valence-electron chi connectivity index (χ1n) is 8.70. The molecule has 3 nitrogen and oxygen atoms in total. The van der Waals surface area contributed by atoms with Crippen LogP contribution in [0.5, 0.6) is 5.75 Å². The van der Waals surface area contributed by atoms with Crippen LogP contribution in [0.15, 0.2) is 24.3 Å². The Morgan fingerprint density at radius 1 is 1.26 bits per heavy atom. The van der Waals surface area contributed by atoms with Crippen molar-refractivity contribution in [3.63, 3.8) is 0 Å². The van der Waals surface area contributed by atoms with Crippen LogP contribution in [0.25, 0.3) is 10.9 Å². The van der Waals surface area contributed by atoms with Crippen LogP contribution in [0.3, 0.4) is 0 Å². The lowest BCUT2D eigenvalue weighted by atomic mass is 9.87. The van der Waals surface area contributed by atoms with Crippen LogP contribution < -0.4 is 4.74 Å². The molecule has 23 heavy (non-hydrogen) atoms. The Bertz CT molecular complexity index is 712. The van der Waals surface area contributed by atoms with Crippen molar-refractivity contribution < 1.29 is 9.47 Å². The molecule has 3 atom stereocenters. The zero-order valence-electron chi connectivity index (χ0n) is 14.8. The van der Waals surface area contributed by atoms with E-state index in [0.717, 1.165) is 42.0 Å². The zero-order chi connectivity index (χ0) is 16.6. The van der Waals surface area contributed by atoms with Crippen LogP contribution in [0, 0.1) is 18.8 Å². The van der Waals surface area contributed by atoms with E-state index in [1.54, 1.807) is 7.11 Å². The van der Waals surface area contributed by atoms with Crippen LogP contribution in [-0.4, -0.2) is 25.3 Å². The van der Waals surface area contributed by atoms with E-state index >= 15 is 0 Å². The van der Waals surface area contributed by atoms with Crippen LogP contribution in [-0.2, 0) is 10.2 Å². The molecule has 2 heterocycles. The summed E-state index contributed by atoms with van der Waals surface area (Å²) in [7, 11) is 1.73. The van der Waals surface area contributed by atoms with E-state index in [1.807, 2.05) is 26.8 Å². The molecule has 2 unspecified atom stereocenters. The van der Waals surface area contributed by atoms with E-state index in [-0.39, 0.29) is 0 Å². The van der Waals surface area contributed by atoms with E-state index in [2.05, 4.69) is 30.1 Å². The van der Waals surface area contributed by atoms with Crippen molar-refractivity contribution in [3.8, 4) is 5.75 Å². The second-order valence-corrected chi connectivity index (χ2v) is 6.46. The summed E-state index contributed by atoms with van der Waals surface area (Å²) in [5, 5.41) is 1.12. The third kappa shape index (κ3) is 2.42. The Balaban J connectivity index is 0.000000753. The Kier molecular flexibility index (Phi) is 4.33. The van der Waals surface area contributed by atoms with Crippen molar-refractivity contribution in [3.05, 3.63) is 35.5 Å². The molecule has 1 aliphatic carbocycles. The summed E-state index contributed by atoms with van der Waals surface area (Å²) < 4.78 is 11.2. The largest absolute Gasteiger partial charge is 0.496 e. The first-order valence-corrected chi connectivity index (χ1v) is 8.70. The van der Waals surface area contributed by atoms with Crippen molar-refractivity contribution >= 4 is 10.9 Å². The lowest BCUT2D eigenvalue weighted by Crippen LogP contribution is -2.21. The standard InChI is InChI=1S/C18H21NO2.C2H6/c1-11-8-17(20-3)14-9-13(4-5-16(14)19-11)18-6-7-21-10-15(18)12(18)2;1-2/h4-5,8-9,12,15H,6-7,10H2,1-3H3;1-2H3/t12-,15?,18?;/m1./s1. The Morgan fingerprint density at radius 3 is 2.74 bits per heavy atom. The molecule has 1 aromatic carbocycles. The van der Waals surface area contributed by atoms with Gasteiger partial charge in [-0.15, -0.1) is 0 Å². The first kappa shape index (κ1) is 16.3. The lowest BCUT2D eigenvalue weighted by Gasteiger charge is -2.23. The molecule has 4 rings (SSSR count). The van der Waals surface area contributed by atoms with E-state index in [4.69, 9.17) is 9.47 Å². The Labute approximate surface area is 139 Å². The number of aryl methyl sites for hydroxylation is 1. The molecule has 1 saturated carbocycles. The van der Waals surface area contributed by atoms with Crippen molar-refractivity contribution in [1.82, 2.24) is 4.98 Å². The second kappa shape index (κ2) is 6.12. The number of ether oxygens (including phenoxy) is 2. The predicted molar refractivity (Wildman–Crippen MR) is 94.1 cm³/mol. The maximum absolute atomic E-state index is 5.65. The van der Waals surface area contributed by atoms with Crippen molar-refractivity contribution in [2.75, 3.05) is 20.3 Å². The van der Waals surface area contributed by atoms with E-state index in [9.17, 15) is 0 Å². The van der Waals surface area contributed by atoms with Crippen molar-refractivity contribution in [2.24, 2.45) is 11.8 Å². The molecule has 1 aliphatic heterocycles. The molecule has 2 fully saturated rings. The molecule has 3 heteroatoms. The number of pyridine rings is 1. The molecule has 2 aliphatic rings. The molecule has 0 radical (unpaired) electrons. The van der Waals surface area contributed by atoms with Gasteiger partial charge in [0.15, 0.2) is 0 Å². The Hall–Kier alpha value is -1.61. The molecular weight excluding hydrogens is 286 g/mol. The fourth-order valence-electron chi connectivity index (χ4n) is 4.28. The smallest absolute Gasteiger partial charge is 0.130 e. The summed E-state index contributed by atoms with van der Waals surface area (Å²) in [4.78, 5) is 4.62. The number of hydrogen-bond donors (Lipinski definition) is 0. The van der Waals surface area contributed by atoms with Gasteiger partial charge in [-0.3, -0.25) is 4.98 Å². The van der Waals surface area contributed by atoms with Gasteiger partial charge in [0.05, 0.1) is 19.2 Å². The molecule has 0 N–H and O–H groups in total. The third-order valence-electron chi connectivity index (χ3n) is 5.58. The number of nitrogens with zero attached hydrogens (tertiary/aromatic N) is 1. The maximum atomic E-state index is 5.65. The summed E-state index contributed by atoms with van der Waals surface area (Å²) in [5.74, 6) is 2.31. The van der Waals surface area contributed by atoms with Crippen LogP contribution in [0.1, 0.15) is 38.4 Å². The predicted octanol–water partition coefficient (Wildman–Crippen LogP) is 4.50. The average molecular weight is 313 g/mol. The van der Waals surface area contributed by atoms with Crippen LogP contribution in [0.2, 0.25) is 0 Å². The van der Waals surface area contributed by atoms with Gasteiger partial charge in [-0.05, 0) is 42.9 Å². The van der Waals surface area contributed by atoms with Gasteiger partial charge in [-0.25, -0.2) is 0 Å². The quantitative estimate of drug-likeness (QED) is 0.818. The third-order valence-corrected chi connectivity index (χ3v) is 5.58. The number of fused-ring (bicyclic) bond motifs is 2. The molecule has 1 aromatic heterocycles. The molecule has 2 aromatic rings. The normalized spacial score (nSPS) is 28.6. The SMILES string of the molecule is CC.COc1cc(C)nc2ccc(C34CCOCC3[C@H]4C)cc12. The summed E-state index contributed by atoms with van der Waals surface area (Å²) in [5.41, 5.74) is 3.76. The number of hydrogen-bond acceptors (Lipinski definition) is 3. The summed E-state index contributed by atoms with van der Waals surface area (Å²) in [6.07, 6.45) is 1.13. The molecular formula is C20H27NO2. The molecule has 124 valence electrons. The van der Waals surface area contributed by atoms with Gasteiger partial charge >= 0.3 is 0 Å². The summed E-state index contributed by atoms with van der Waals surface area (Å²) >= 11 is 0. The van der Waals surface area contributed by atoms with Gasteiger partial charge in [0.1, 0.15) is 5.75 Å². The first-order chi connectivity index (χ1) is 11.2. The fraction of sp³-hybridized carbons (Fsp3) is 0.550. The van der Waals surface area contributed by atoms with Crippen LogP contribution >= 0.6 is 0 Å². The number of aromatic nitrogens is 1. The number of methoxy groups -OCH3 is 1. The highest BCUT2D eigenvalue weighted by atomic mass is 16.5. The topological polar surface area (TPSA) is 31.4 Å². The van der Waals surface area contributed by atoms with Crippen molar-refractivity contribution in [1.29, 1.82) is 0 Å². The minimum absolute atomic E-state index is 0.322. The van der Waals surface area contributed by atoms with Gasteiger partial charge in [0, 0.05) is 29.2 Å². The highest BCUT2D eigenvalue weighted by Gasteiger charge is 2.63. The van der Waals surface area contributed by atoms with Crippen LogP contribution in [0.4, 0.5) is 0 Å². The molecule has 0 amide bonds. The average Bonchev–Trinajstić information content (AvgIpc) is 3.22. The van der Waals surface area contributed by atoms with E-state index in [0.29, 0.717) is 17.3 Å². The molecule has 0 bridgehead atoms. The van der Waals surface area contributed by atoms with E-state index < -0.39 is 0 Å². The zero-order valence-corrected chi connectivity index (χ0v) is 14.8. The van der Waals surface area contributed by atoms with E-state index in [1.165, 1.54) is 5.56 Å². The minimum Gasteiger partial charge on any atom is -0.496 e. The monoisotopic (exact) mass is 313 g/mol. The van der Waals surface area contributed by atoms with Gasteiger partial charge in [-0.2, -0.15) is 0 Å². The summed E-state index contributed by atoms with van der Waals surface area (Å²) in [6, 6.07) is 8.71. The second-order valence-electron chi connectivity index (χ2n) is 6.46. The lowest BCUT2D eigenvalue weighted by molar-refractivity contribution is 0.0801. The Morgan fingerprint density at radius 2 is 2.04 bits per heavy atom. The van der Waals surface area contributed by atoms with Gasteiger partial charge in [-0.1, -0.05) is 26.8 Å². The summed E-state index contributed by atoms with van der Waals surface area (Å²) in [6.45, 7) is 10.1. The van der Waals surface area contributed by atoms with Gasteiger partial charge in [0.25, 0.3) is 0 Å². The number of rotatable bonds is 2.